The highest BCUT2D eigenvalue weighted by Gasteiger charge is 2.41. The SMILES string of the molecule is CC(C)(O)C(=O)NC1CC1c1ccccc1. The number of amides is 1. The van der Waals surface area contributed by atoms with Crippen LogP contribution in [0.3, 0.4) is 0 Å². The summed E-state index contributed by atoms with van der Waals surface area (Å²) < 4.78 is 0. The van der Waals surface area contributed by atoms with Gasteiger partial charge in [-0.2, -0.15) is 0 Å². The maximum Gasteiger partial charge on any atom is 0.251 e. The van der Waals surface area contributed by atoms with E-state index in [0.29, 0.717) is 5.92 Å². The van der Waals surface area contributed by atoms with Crippen molar-refractivity contribution in [3.8, 4) is 0 Å². The van der Waals surface area contributed by atoms with Gasteiger partial charge in [-0.05, 0) is 25.8 Å². The second-order valence-corrected chi connectivity index (χ2v) is 4.89. The van der Waals surface area contributed by atoms with Crippen LogP contribution in [-0.2, 0) is 4.79 Å². The predicted octanol–water partition coefficient (Wildman–Crippen LogP) is 1.43. The topological polar surface area (TPSA) is 49.3 Å². The normalized spacial score (nSPS) is 23.9. The Hall–Kier alpha value is -1.35. The van der Waals surface area contributed by atoms with Crippen LogP contribution in [0, 0.1) is 0 Å². The smallest absolute Gasteiger partial charge is 0.251 e. The van der Waals surface area contributed by atoms with Crippen LogP contribution in [0.25, 0.3) is 0 Å². The van der Waals surface area contributed by atoms with Crippen LogP contribution in [0.15, 0.2) is 30.3 Å². The van der Waals surface area contributed by atoms with Gasteiger partial charge in [-0.3, -0.25) is 4.79 Å². The van der Waals surface area contributed by atoms with Crippen LogP contribution in [0.2, 0.25) is 0 Å². The van der Waals surface area contributed by atoms with Crippen molar-refractivity contribution < 1.29 is 9.90 Å². The van der Waals surface area contributed by atoms with Gasteiger partial charge in [-0.15, -0.1) is 0 Å². The van der Waals surface area contributed by atoms with E-state index in [1.165, 1.54) is 19.4 Å². The molecule has 3 nitrogen and oxygen atoms in total. The summed E-state index contributed by atoms with van der Waals surface area (Å²) in [7, 11) is 0. The average Bonchev–Trinajstić information content (AvgIpc) is 2.97. The summed E-state index contributed by atoms with van der Waals surface area (Å²) in [6.07, 6.45) is 0.964. The molecular weight excluding hydrogens is 202 g/mol. The molecule has 2 N–H and O–H groups in total. The fraction of sp³-hybridized carbons (Fsp3) is 0.462. The van der Waals surface area contributed by atoms with Crippen LogP contribution in [-0.4, -0.2) is 22.7 Å². The zero-order valence-corrected chi connectivity index (χ0v) is 9.60. The van der Waals surface area contributed by atoms with E-state index in [0.717, 1.165) is 6.42 Å². The first kappa shape index (κ1) is 11.1. The Morgan fingerprint density at radius 2 is 2.00 bits per heavy atom. The Morgan fingerprint density at radius 1 is 1.38 bits per heavy atom. The first-order valence-electron chi connectivity index (χ1n) is 5.57. The largest absolute Gasteiger partial charge is 0.381 e. The van der Waals surface area contributed by atoms with Crippen molar-refractivity contribution in [2.24, 2.45) is 0 Å². The molecular formula is C13H17NO2. The molecule has 2 rings (SSSR count). The van der Waals surface area contributed by atoms with Gasteiger partial charge in [0.2, 0.25) is 0 Å². The number of nitrogens with one attached hydrogen (secondary N) is 1. The molecule has 0 saturated heterocycles. The summed E-state index contributed by atoms with van der Waals surface area (Å²) in [5.41, 5.74) is -0.0346. The Kier molecular flexibility index (Phi) is 2.72. The minimum Gasteiger partial charge on any atom is -0.381 e. The highest BCUT2D eigenvalue weighted by Crippen LogP contribution is 2.40. The molecule has 3 heteroatoms. The van der Waals surface area contributed by atoms with Gasteiger partial charge in [0, 0.05) is 12.0 Å². The molecule has 1 aromatic carbocycles. The quantitative estimate of drug-likeness (QED) is 0.808. The zero-order chi connectivity index (χ0) is 11.8. The third-order valence-corrected chi connectivity index (χ3v) is 2.89. The summed E-state index contributed by atoms with van der Waals surface area (Å²) in [6.45, 7) is 3.00. The lowest BCUT2D eigenvalue weighted by Crippen LogP contribution is -2.43. The third-order valence-electron chi connectivity index (χ3n) is 2.89. The highest BCUT2D eigenvalue weighted by atomic mass is 16.3. The number of hydrogen-bond donors (Lipinski definition) is 2. The molecule has 0 bridgehead atoms. The first-order valence-corrected chi connectivity index (χ1v) is 5.57. The van der Waals surface area contributed by atoms with E-state index in [-0.39, 0.29) is 11.9 Å². The molecule has 0 heterocycles. The van der Waals surface area contributed by atoms with Gasteiger partial charge >= 0.3 is 0 Å². The minimum absolute atomic E-state index is 0.182. The number of aliphatic hydroxyl groups is 1. The molecule has 0 radical (unpaired) electrons. The summed E-state index contributed by atoms with van der Waals surface area (Å²) in [5, 5.41) is 12.4. The highest BCUT2D eigenvalue weighted by molar-refractivity contribution is 5.84. The summed E-state index contributed by atoms with van der Waals surface area (Å²) in [6, 6.07) is 10.3. The van der Waals surface area contributed by atoms with Crippen LogP contribution in [0.4, 0.5) is 0 Å². The molecule has 16 heavy (non-hydrogen) atoms. The van der Waals surface area contributed by atoms with E-state index >= 15 is 0 Å². The van der Waals surface area contributed by atoms with E-state index in [2.05, 4.69) is 17.4 Å². The van der Waals surface area contributed by atoms with E-state index < -0.39 is 5.60 Å². The molecule has 1 aliphatic rings. The summed E-state index contributed by atoms with van der Waals surface area (Å²) in [4.78, 5) is 11.5. The monoisotopic (exact) mass is 219 g/mol. The molecule has 86 valence electrons. The van der Waals surface area contributed by atoms with Crippen LogP contribution in [0.1, 0.15) is 31.7 Å². The second-order valence-electron chi connectivity index (χ2n) is 4.89. The van der Waals surface area contributed by atoms with E-state index in [1.807, 2.05) is 18.2 Å². The van der Waals surface area contributed by atoms with Crippen molar-refractivity contribution in [2.75, 3.05) is 0 Å². The molecule has 1 fully saturated rings. The van der Waals surface area contributed by atoms with Gasteiger partial charge < -0.3 is 10.4 Å². The fourth-order valence-electron chi connectivity index (χ4n) is 1.77. The Labute approximate surface area is 95.5 Å². The van der Waals surface area contributed by atoms with Gasteiger partial charge in [-0.1, -0.05) is 30.3 Å². The molecule has 1 aliphatic carbocycles. The lowest BCUT2D eigenvalue weighted by Gasteiger charge is -2.16. The lowest BCUT2D eigenvalue weighted by molar-refractivity contribution is -0.136. The average molecular weight is 219 g/mol. The lowest BCUT2D eigenvalue weighted by atomic mass is 10.1. The Morgan fingerprint density at radius 3 is 2.56 bits per heavy atom. The van der Waals surface area contributed by atoms with Crippen molar-refractivity contribution in [1.82, 2.24) is 5.32 Å². The molecule has 1 aromatic rings. The van der Waals surface area contributed by atoms with Crippen molar-refractivity contribution in [2.45, 2.75) is 37.8 Å². The van der Waals surface area contributed by atoms with Crippen molar-refractivity contribution in [3.63, 3.8) is 0 Å². The Balaban J connectivity index is 1.91. The summed E-state index contributed by atoms with van der Waals surface area (Å²) in [5.74, 6) is 0.114. The number of hydrogen-bond acceptors (Lipinski definition) is 2. The summed E-state index contributed by atoms with van der Waals surface area (Å²) >= 11 is 0. The van der Waals surface area contributed by atoms with Gasteiger partial charge in [-0.25, -0.2) is 0 Å². The van der Waals surface area contributed by atoms with Crippen molar-refractivity contribution in [3.05, 3.63) is 35.9 Å². The predicted molar refractivity (Wildman–Crippen MR) is 62.0 cm³/mol. The van der Waals surface area contributed by atoms with E-state index in [1.54, 1.807) is 0 Å². The number of carbonyl (C=O) groups is 1. The molecule has 1 amide bonds. The van der Waals surface area contributed by atoms with Crippen LogP contribution < -0.4 is 5.32 Å². The van der Waals surface area contributed by atoms with E-state index in [9.17, 15) is 9.90 Å². The van der Waals surface area contributed by atoms with Gasteiger partial charge in [0.1, 0.15) is 5.60 Å². The maximum absolute atomic E-state index is 11.5. The molecule has 0 aliphatic heterocycles. The molecule has 0 aromatic heterocycles. The Bertz CT molecular complexity index is 381. The van der Waals surface area contributed by atoms with Gasteiger partial charge in [0.15, 0.2) is 0 Å². The van der Waals surface area contributed by atoms with Crippen molar-refractivity contribution >= 4 is 5.91 Å². The molecule has 2 unspecified atom stereocenters. The number of rotatable bonds is 3. The molecule has 2 atom stereocenters. The second kappa shape index (κ2) is 3.91. The van der Waals surface area contributed by atoms with Gasteiger partial charge in [0.25, 0.3) is 5.91 Å². The molecule has 0 spiro atoms. The maximum atomic E-state index is 11.5. The number of carbonyl (C=O) groups excluding carboxylic acids is 1. The number of benzene rings is 1. The van der Waals surface area contributed by atoms with Crippen LogP contribution in [0.5, 0.6) is 0 Å². The van der Waals surface area contributed by atoms with Gasteiger partial charge in [0.05, 0.1) is 0 Å². The van der Waals surface area contributed by atoms with Crippen LogP contribution >= 0.6 is 0 Å². The van der Waals surface area contributed by atoms with Crippen molar-refractivity contribution in [1.29, 1.82) is 0 Å². The first-order chi connectivity index (χ1) is 7.48. The zero-order valence-electron chi connectivity index (χ0n) is 9.60. The third kappa shape index (κ3) is 2.42. The minimum atomic E-state index is -1.29. The standard InChI is InChI=1S/C13H17NO2/c1-13(2,16)12(15)14-11-8-10(11)9-6-4-3-5-7-9/h3-7,10-11,16H,8H2,1-2H3,(H,14,15). The van der Waals surface area contributed by atoms with E-state index in [4.69, 9.17) is 0 Å². The fourth-order valence-corrected chi connectivity index (χ4v) is 1.77. The molecule has 1 saturated carbocycles.